The Morgan fingerprint density at radius 3 is 2.71 bits per heavy atom. The van der Waals surface area contributed by atoms with E-state index >= 15 is 0 Å². The van der Waals surface area contributed by atoms with Crippen LogP contribution in [0.2, 0.25) is 0 Å². The van der Waals surface area contributed by atoms with Crippen molar-refractivity contribution in [3.05, 3.63) is 21.6 Å². The first kappa shape index (κ1) is 10.8. The lowest BCUT2D eigenvalue weighted by Gasteiger charge is -2.17. The number of nitrogens with one attached hydrogen (secondary N) is 2. The Morgan fingerprint density at radius 1 is 1.12 bits per heavy atom. The molecule has 0 unspecified atom stereocenters. The molecule has 1 fully saturated rings. The Hall–Kier alpha value is -1.36. The predicted octanol–water partition coefficient (Wildman–Crippen LogP) is 0.0583. The van der Waals surface area contributed by atoms with Crippen LogP contribution in [0.3, 0.4) is 0 Å². The highest BCUT2D eigenvalue weighted by atomic mass is 16.1. The Bertz CT molecular complexity index is 462. The molecule has 5 heteroatoms. The summed E-state index contributed by atoms with van der Waals surface area (Å²) in [5.41, 5.74) is 1.92. The third-order valence-corrected chi connectivity index (χ3v) is 3.58. The number of nitrogens with zero attached hydrogens (tertiary/aromatic N) is 2. The molecule has 0 bridgehead atoms. The molecule has 17 heavy (non-hydrogen) atoms. The lowest BCUT2D eigenvalue weighted by Crippen LogP contribution is -2.27. The van der Waals surface area contributed by atoms with Crippen LogP contribution in [0.1, 0.15) is 24.1 Å². The lowest BCUT2D eigenvalue weighted by atomic mass is 10.1. The zero-order valence-corrected chi connectivity index (χ0v) is 9.96. The van der Waals surface area contributed by atoms with Gasteiger partial charge in [0.2, 0.25) is 5.95 Å². The van der Waals surface area contributed by atoms with E-state index in [0.29, 0.717) is 0 Å². The Kier molecular flexibility index (Phi) is 2.84. The molecule has 0 aliphatic carbocycles. The number of hydrogen-bond donors (Lipinski definition) is 2. The van der Waals surface area contributed by atoms with Crippen LogP contribution in [0, 0.1) is 0 Å². The molecule has 0 spiro atoms. The lowest BCUT2D eigenvalue weighted by molar-refractivity contribution is 0.708. The first-order valence-electron chi connectivity index (χ1n) is 6.42. The van der Waals surface area contributed by atoms with Crippen LogP contribution in [-0.4, -0.2) is 36.1 Å². The molecule has 0 aromatic carbocycles. The summed E-state index contributed by atoms with van der Waals surface area (Å²) in [7, 11) is 0. The van der Waals surface area contributed by atoms with Crippen molar-refractivity contribution < 1.29 is 0 Å². The zero-order valence-electron chi connectivity index (χ0n) is 9.96. The van der Waals surface area contributed by atoms with E-state index in [1.165, 1.54) is 12.8 Å². The molecular weight excluding hydrogens is 216 g/mol. The summed E-state index contributed by atoms with van der Waals surface area (Å²) >= 11 is 0. The minimum absolute atomic E-state index is 0.0561. The van der Waals surface area contributed by atoms with Crippen molar-refractivity contribution in [2.24, 2.45) is 0 Å². The largest absolute Gasteiger partial charge is 0.342 e. The van der Waals surface area contributed by atoms with Crippen LogP contribution in [0.15, 0.2) is 4.79 Å². The maximum absolute atomic E-state index is 12.0. The molecular formula is C12H18N4O. The van der Waals surface area contributed by atoms with E-state index in [2.05, 4.69) is 20.2 Å². The van der Waals surface area contributed by atoms with Crippen molar-refractivity contribution >= 4 is 5.95 Å². The first-order valence-corrected chi connectivity index (χ1v) is 6.42. The molecule has 0 saturated carbocycles. The monoisotopic (exact) mass is 234 g/mol. The molecule has 3 heterocycles. The molecule has 2 N–H and O–H groups in total. The van der Waals surface area contributed by atoms with E-state index in [1.54, 1.807) is 0 Å². The average Bonchev–Trinajstić information content (AvgIpc) is 2.75. The molecule has 1 aromatic rings. The van der Waals surface area contributed by atoms with E-state index in [-0.39, 0.29) is 5.56 Å². The van der Waals surface area contributed by atoms with Gasteiger partial charge >= 0.3 is 0 Å². The van der Waals surface area contributed by atoms with Gasteiger partial charge in [-0.15, -0.1) is 0 Å². The van der Waals surface area contributed by atoms with Crippen LogP contribution < -0.4 is 15.8 Å². The average molecular weight is 234 g/mol. The minimum Gasteiger partial charge on any atom is -0.342 e. The minimum atomic E-state index is 0.0561. The molecule has 1 aromatic heterocycles. The number of aromatic nitrogens is 2. The summed E-state index contributed by atoms with van der Waals surface area (Å²) in [6, 6.07) is 0. The van der Waals surface area contributed by atoms with Crippen LogP contribution in [0.4, 0.5) is 5.95 Å². The molecule has 0 amide bonds. The molecule has 0 atom stereocenters. The van der Waals surface area contributed by atoms with Crippen molar-refractivity contribution in [3.63, 3.8) is 0 Å². The maximum atomic E-state index is 12.0. The van der Waals surface area contributed by atoms with Gasteiger partial charge in [0.05, 0.1) is 5.69 Å². The van der Waals surface area contributed by atoms with Gasteiger partial charge in [-0.2, -0.15) is 0 Å². The molecule has 0 radical (unpaired) electrons. The van der Waals surface area contributed by atoms with Crippen molar-refractivity contribution in [1.29, 1.82) is 0 Å². The Balaban J connectivity index is 1.99. The highest BCUT2D eigenvalue weighted by Crippen LogP contribution is 2.16. The van der Waals surface area contributed by atoms with Crippen LogP contribution >= 0.6 is 0 Å². The van der Waals surface area contributed by atoms with Crippen LogP contribution in [-0.2, 0) is 12.8 Å². The second-order valence-electron chi connectivity index (χ2n) is 4.76. The number of rotatable bonds is 1. The number of aromatic amines is 1. The number of H-pyrrole nitrogens is 1. The van der Waals surface area contributed by atoms with Gasteiger partial charge in [0, 0.05) is 31.6 Å². The van der Waals surface area contributed by atoms with E-state index in [1.807, 2.05) is 0 Å². The maximum Gasteiger partial charge on any atom is 0.255 e. The second-order valence-corrected chi connectivity index (χ2v) is 4.76. The summed E-state index contributed by atoms with van der Waals surface area (Å²) < 4.78 is 0. The van der Waals surface area contributed by atoms with Crippen LogP contribution in [0.25, 0.3) is 0 Å². The molecule has 3 rings (SSSR count). The number of hydrogen-bond acceptors (Lipinski definition) is 4. The molecule has 92 valence electrons. The van der Waals surface area contributed by atoms with Crippen molar-refractivity contribution in [1.82, 2.24) is 15.3 Å². The molecule has 5 nitrogen and oxygen atoms in total. The summed E-state index contributed by atoms with van der Waals surface area (Å²) in [6.07, 6.45) is 4.04. The first-order chi connectivity index (χ1) is 8.34. The van der Waals surface area contributed by atoms with Gasteiger partial charge < -0.3 is 10.2 Å². The fourth-order valence-electron chi connectivity index (χ4n) is 2.62. The van der Waals surface area contributed by atoms with E-state index in [0.717, 1.165) is 56.2 Å². The normalized spacial score (nSPS) is 20.1. The SMILES string of the molecule is O=c1[nH]c(N2CCCC2)nc2c1CCNCC2. The third kappa shape index (κ3) is 2.07. The molecule has 2 aliphatic rings. The van der Waals surface area contributed by atoms with Gasteiger partial charge in [0.25, 0.3) is 5.56 Å². The number of fused-ring (bicyclic) bond motifs is 1. The fourth-order valence-corrected chi connectivity index (χ4v) is 2.62. The van der Waals surface area contributed by atoms with Crippen molar-refractivity contribution in [2.75, 3.05) is 31.1 Å². The fraction of sp³-hybridized carbons (Fsp3) is 0.667. The van der Waals surface area contributed by atoms with Gasteiger partial charge in [0.15, 0.2) is 0 Å². The zero-order chi connectivity index (χ0) is 11.7. The Labute approximate surface area is 100 Å². The van der Waals surface area contributed by atoms with Gasteiger partial charge in [-0.3, -0.25) is 9.78 Å². The Morgan fingerprint density at radius 2 is 1.88 bits per heavy atom. The summed E-state index contributed by atoms with van der Waals surface area (Å²) in [4.78, 5) is 21.8. The quantitative estimate of drug-likeness (QED) is 0.721. The summed E-state index contributed by atoms with van der Waals surface area (Å²) in [6.45, 7) is 3.82. The predicted molar refractivity (Wildman–Crippen MR) is 66.6 cm³/mol. The number of anilines is 1. The summed E-state index contributed by atoms with van der Waals surface area (Å²) in [5, 5.41) is 3.30. The third-order valence-electron chi connectivity index (χ3n) is 3.58. The van der Waals surface area contributed by atoms with E-state index in [4.69, 9.17) is 0 Å². The summed E-state index contributed by atoms with van der Waals surface area (Å²) in [5.74, 6) is 0.771. The topological polar surface area (TPSA) is 61.0 Å². The molecule has 1 saturated heterocycles. The molecule has 2 aliphatic heterocycles. The van der Waals surface area contributed by atoms with Crippen molar-refractivity contribution in [2.45, 2.75) is 25.7 Å². The van der Waals surface area contributed by atoms with Crippen LogP contribution in [0.5, 0.6) is 0 Å². The van der Waals surface area contributed by atoms with Gasteiger partial charge in [-0.1, -0.05) is 0 Å². The highest BCUT2D eigenvalue weighted by Gasteiger charge is 2.19. The highest BCUT2D eigenvalue weighted by molar-refractivity contribution is 5.35. The van der Waals surface area contributed by atoms with Gasteiger partial charge in [0.1, 0.15) is 0 Å². The van der Waals surface area contributed by atoms with Gasteiger partial charge in [-0.25, -0.2) is 4.98 Å². The standard InChI is InChI=1S/C12H18N4O/c17-11-9-3-5-13-6-4-10(9)14-12(15-11)16-7-1-2-8-16/h13H,1-8H2,(H,14,15,17). The van der Waals surface area contributed by atoms with Gasteiger partial charge in [-0.05, 0) is 25.8 Å². The second kappa shape index (κ2) is 4.49. The van der Waals surface area contributed by atoms with Crippen molar-refractivity contribution in [3.8, 4) is 0 Å². The van der Waals surface area contributed by atoms with E-state index < -0.39 is 0 Å². The van der Waals surface area contributed by atoms with E-state index in [9.17, 15) is 4.79 Å². The smallest absolute Gasteiger partial charge is 0.255 e.